The molecule has 3 aromatic carbocycles. The Bertz CT molecular complexity index is 1330. The summed E-state index contributed by atoms with van der Waals surface area (Å²) in [5, 5.41) is 3.68. The van der Waals surface area contributed by atoms with E-state index in [1.165, 1.54) is 5.56 Å². The fourth-order valence-electron chi connectivity index (χ4n) is 4.79. The molecule has 5 rings (SSSR count). The van der Waals surface area contributed by atoms with E-state index in [0.717, 1.165) is 33.3 Å². The number of anilines is 2. The standard InChI is InChI=1S/C26H25BrN2O2S/c1-16-10-11-18(14-17(16)2)29-32(30,31)19-12-13-25-23(15-19)20-7-5-8-21(20)26(28-25)22-6-3-4-9-24(22)27/h3-7,9-15,20-21,26,28-29H,8H2,1-2H3. The van der Waals surface area contributed by atoms with Crippen LogP contribution in [0.3, 0.4) is 0 Å². The number of benzene rings is 3. The lowest BCUT2D eigenvalue weighted by Crippen LogP contribution is -2.29. The van der Waals surface area contributed by atoms with E-state index in [0.29, 0.717) is 11.6 Å². The predicted molar refractivity (Wildman–Crippen MR) is 134 cm³/mol. The Morgan fingerprint density at radius 3 is 2.56 bits per heavy atom. The Balaban J connectivity index is 1.49. The third kappa shape index (κ3) is 3.76. The van der Waals surface area contributed by atoms with Crippen LogP contribution in [0.25, 0.3) is 0 Å². The quantitative estimate of drug-likeness (QED) is 0.385. The average molecular weight is 509 g/mol. The normalized spacial score (nSPS) is 21.5. The van der Waals surface area contributed by atoms with Crippen LogP contribution in [-0.4, -0.2) is 8.42 Å². The lowest BCUT2D eigenvalue weighted by atomic mass is 9.77. The van der Waals surface area contributed by atoms with Crippen molar-refractivity contribution in [3.8, 4) is 0 Å². The first-order valence-electron chi connectivity index (χ1n) is 10.7. The molecule has 0 amide bonds. The Morgan fingerprint density at radius 2 is 1.78 bits per heavy atom. The number of allylic oxidation sites excluding steroid dienone is 2. The molecular formula is C26H25BrN2O2S. The molecule has 0 aromatic heterocycles. The van der Waals surface area contributed by atoms with Gasteiger partial charge >= 0.3 is 0 Å². The van der Waals surface area contributed by atoms with Crippen LogP contribution in [0.4, 0.5) is 11.4 Å². The van der Waals surface area contributed by atoms with E-state index >= 15 is 0 Å². The Kier molecular flexibility index (Phi) is 5.38. The highest BCUT2D eigenvalue weighted by Gasteiger charge is 2.39. The molecule has 0 bridgehead atoms. The maximum absolute atomic E-state index is 13.2. The number of fused-ring (bicyclic) bond motifs is 3. The van der Waals surface area contributed by atoms with Crippen molar-refractivity contribution in [2.75, 3.05) is 10.0 Å². The van der Waals surface area contributed by atoms with Crippen LogP contribution >= 0.6 is 15.9 Å². The van der Waals surface area contributed by atoms with E-state index in [1.807, 2.05) is 44.2 Å². The van der Waals surface area contributed by atoms with Gasteiger partial charge in [0.2, 0.25) is 0 Å². The molecule has 32 heavy (non-hydrogen) atoms. The minimum atomic E-state index is -3.69. The van der Waals surface area contributed by atoms with Gasteiger partial charge in [0.25, 0.3) is 10.0 Å². The molecule has 0 saturated heterocycles. The van der Waals surface area contributed by atoms with Crippen molar-refractivity contribution in [1.29, 1.82) is 0 Å². The van der Waals surface area contributed by atoms with Gasteiger partial charge in [-0.2, -0.15) is 0 Å². The Morgan fingerprint density at radius 1 is 0.969 bits per heavy atom. The van der Waals surface area contributed by atoms with Crippen molar-refractivity contribution >= 4 is 37.3 Å². The number of halogens is 1. The highest BCUT2D eigenvalue weighted by molar-refractivity contribution is 9.10. The second-order valence-electron chi connectivity index (χ2n) is 8.65. The highest BCUT2D eigenvalue weighted by atomic mass is 79.9. The first kappa shape index (κ1) is 21.3. The molecule has 164 valence electrons. The number of hydrogen-bond acceptors (Lipinski definition) is 3. The monoisotopic (exact) mass is 508 g/mol. The SMILES string of the molecule is Cc1ccc(NS(=O)(=O)c2ccc3c(c2)C2C=CCC2C(c2ccccc2Br)N3)cc1C. The molecule has 1 aliphatic carbocycles. The molecule has 3 atom stereocenters. The smallest absolute Gasteiger partial charge is 0.261 e. The van der Waals surface area contributed by atoms with Gasteiger partial charge < -0.3 is 5.32 Å². The van der Waals surface area contributed by atoms with Gasteiger partial charge in [-0.1, -0.05) is 52.3 Å². The van der Waals surface area contributed by atoms with Gasteiger partial charge in [-0.25, -0.2) is 8.42 Å². The predicted octanol–water partition coefficient (Wildman–Crippen LogP) is 6.69. The maximum Gasteiger partial charge on any atom is 0.261 e. The van der Waals surface area contributed by atoms with Crippen LogP contribution in [0, 0.1) is 19.8 Å². The van der Waals surface area contributed by atoms with Crippen molar-refractivity contribution in [1.82, 2.24) is 0 Å². The van der Waals surface area contributed by atoms with Crippen LogP contribution in [0.1, 0.15) is 40.6 Å². The molecule has 0 spiro atoms. The fraction of sp³-hybridized carbons (Fsp3) is 0.231. The molecule has 1 heterocycles. The van der Waals surface area contributed by atoms with Crippen molar-refractivity contribution in [3.63, 3.8) is 0 Å². The van der Waals surface area contributed by atoms with Gasteiger partial charge in [0.15, 0.2) is 0 Å². The number of sulfonamides is 1. The topological polar surface area (TPSA) is 58.2 Å². The molecule has 0 saturated carbocycles. The highest BCUT2D eigenvalue weighted by Crippen LogP contribution is 2.51. The largest absolute Gasteiger partial charge is 0.378 e. The number of nitrogens with one attached hydrogen (secondary N) is 2. The zero-order valence-electron chi connectivity index (χ0n) is 18.0. The summed E-state index contributed by atoms with van der Waals surface area (Å²) in [6, 6.07) is 19.5. The molecule has 1 aliphatic heterocycles. The van der Waals surface area contributed by atoms with Gasteiger partial charge in [-0.3, -0.25) is 4.72 Å². The molecule has 4 nitrogen and oxygen atoms in total. The molecule has 2 N–H and O–H groups in total. The molecule has 0 fully saturated rings. The molecule has 3 unspecified atom stereocenters. The average Bonchev–Trinajstić information content (AvgIpc) is 3.26. The van der Waals surface area contributed by atoms with Gasteiger partial charge in [-0.05, 0) is 84.8 Å². The lowest BCUT2D eigenvalue weighted by Gasteiger charge is -2.38. The summed E-state index contributed by atoms with van der Waals surface area (Å²) in [5.41, 5.74) is 6.02. The van der Waals surface area contributed by atoms with Crippen LogP contribution in [0.15, 0.2) is 82.2 Å². The molecule has 3 aromatic rings. The van der Waals surface area contributed by atoms with Crippen molar-refractivity contribution in [2.24, 2.45) is 5.92 Å². The van der Waals surface area contributed by atoms with E-state index in [9.17, 15) is 8.42 Å². The van der Waals surface area contributed by atoms with E-state index in [2.05, 4.69) is 56.3 Å². The summed E-state index contributed by atoms with van der Waals surface area (Å²) < 4.78 is 30.1. The minimum Gasteiger partial charge on any atom is -0.378 e. The Labute approximate surface area is 197 Å². The maximum atomic E-state index is 13.2. The van der Waals surface area contributed by atoms with Crippen LogP contribution in [0.5, 0.6) is 0 Å². The van der Waals surface area contributed by atoms with Crippen molar-refractivity contribution < 1.29 is 8.42 Å². The first-order valence-corrected chi connectivity index (χ1v) is 13.0. The van der Waals surface area contributed by atoms with Crippen molar-refractivity contribution in [2.45, 2.75) is 37.1 Å². The van der Waals surface area contributed by atoms with Gasteiger partial charge in [0, 0.05) is 21.8 Å². The third-order valence-corrected chi connectivity index (χ3v) is 8.75. The summed E-state index contributed by atoms with van der Waals surface area (Å²) in [6.45, 7) is 3.99. The van der Waals surface area contributed by atoms with Gasteiger partial charge in [-0.15, -0.1) is 0 Å². The van der Waals surface area contributed by atoms with E-state index < -0.39 is 10.0 Å². The van der Waals surface area contributed by atoms with Crippen LogP contribution < -0.4 is 10.0 Å². The van der Waals surface area contributed by atoms with E-state index in [-0.39, 0.29) is 16.9 Å². The Hall–Kier alpha value is -2.57. The van der Waals surface area contributed by atoms with Crippen LogP contribution in [-0.2, 0) is 10.0 Å². The van der Waals surface area contributed by atoms with Gasteiger partial charge in [0.05, 0.1) is 10.9 Å². The fourth-order valence-corrected chi connectivity index (χ4v) is 6.41. The third-order valence-electron chi connectivity index (χ3n) is 6.64. The summed E-state index contributed by atoms with van der Waals surface area (Å²) in [5.74, 6) is 0.520. The van der Waals surface area contributed by atoms with Crippen molar-refractivity contribution in [3.05, 3.63) is 99.5 Å². The molecule has 2 aliphatic rings. The van der Waals surface area contributed by atoms with Gasteiger partial charge in [0.1, 0.15) is 0 Å². The number of rotatable bonds is 4. The molecular weight excluding hydrogens is 484 g/mol. The number of aryl methyl sites for hydroxylation is 2. The molecule has 0 radical (unpaired) electrons. The summed E-state index contributed by atoms with van der Waals surface area (Å²) in [7, 11) is -3.69. The summed E-state index contributed by atoms with van der Waals surface area (Å²) >= 11 is 3.70. The second-order valence-corrected chi connectivity index (χ2v) is 11.2. The zero-order valence-corrected chi connectivity index (χ0v) is 20.4. The first-order chi connectivity index (χ1) is 15.3. The van der Waals surface area contributed by atoms with E-state index in [4.69, 9.17) is 0 Å². The summed E-state index contributed by atoms with van der Waals surface area (Å²) in [6.07, 6.45) is 5.40. The van der Waals surface area contributed by atoms with Crippen LogP contribution in [0.2, 0.25) is 0 Å². The minimum absolute atomic E-state index is 0.161. The second kappa shape index (κ2) is 8.09. The zero-order chi connectivity index (χ0) is 22.5. The lowest BCUT2D eigenvalue weighted by molar-refractivity contribution is 0.424. The van der Waals surface area contributed by atoms with E-state index in [1.54, 1.807) is 12.1 Å². The number of hydrogen-bond donors (Lipinski definition) is 2. The summed E-state index contributed by atoms with van der Waals surface area (Å²) in [4.78, 5) is 0.287. The molecule has 6 heteroatoms.